The molecule has 1 aromatic heterocycles. The van der Waals surface area contributed by atoms with Gasteiger partial charge in [0, 0.05) is 26.6 Å². The number of anilines is 2. The minimum Gasteiger partial charge on any atom is -0.457 e. The zero-order valence-corrected chi connectivity index (χ0v) is 16.7. The van der Waals surface area contributed by atoms with Crippen LogP contribution in [0.2, 0.25) is 0 Å². The highest BCUT2D eigenvalue weighted by molar-refractivity contribution is 5.79. The predicted molar refractivity (Wildman–Crippen MR) is 102 cm³/mol. The summed E-state index contributed by atoms with van der Waals surface area (Å²) in [6.45, 7) is 1.52. The molecule has 4 aliphatic rings. The van der Waals surface area contributed by atoms with Crippen LogP contribution in [0.1, 0.15) is 51.3 Å². The van der Waals surface area contributed by atoms with Gasteiger partial charge in [0.25, 0.3) is 0 Å². The molecule has 152 valence electrons. The van der Waals surface area contributed by atoms with Crippen LogP contribution in [0.15, 0.2) is 0 Å². The molecule has 4 aliphatic carbocycles. The molecule has 5 rings (SSSR count). The SMILES string of the molecule is CC(=O)NC12C[C@H]3C[C@@H](C1)CC(C(=O)OCc1nc(N)nc(N(C)C)n1)(C3)C2. The maximum atomic E-state index is 13.2. The number of ether oxygens (including phenoxy) is 1. The van der Waals surface area contributed by atoms with Crippen molar-refractivity contribution in [2.24, 2.45) is 17.3 Å². The molecule has 4 bridgehead atoms. The Morgan fingerprint density at radius 1 is 1.18 bits per heavy atom. The maximum absolute atomic E-state index is 13.2. The Kier molecular flexibility index (Phi) is 4.43. The van der Waals surface area contributed by atoms with Crippen molar-refractivity contribution in [2.75, 3.05) is 24.7 Å². The van der Waals surface area contributed by atoms with Crippen molar-refractivity contribution in [3.05, 3.63) is 5.82 Å². The number of carbonyl (C=O) groups is 2. The Morgan fingerprint density at radius 3 is 2.46 bits per heavy atom. The molecular weight excluding hydrogens is 360 g/mol. The molecule has 4 saturated carbocycles. The van der Waals surface area contributed by atoms with Gasteiger partial charge in [0.15, 0.2) is 12.4 Å². The lowest BCUT2D eigenvalue weighted by Gasteiger charge is -2.60. The molecule has 4 atom stereocenters. The number of rotatable bonds is 5. The van der Waals surface area contributed by atoms with E-state index in [4.69, 9.17) is 10.5 Å². The highest BCUT2D eigenvalue weighted by Crippen LogP contribution is 2.62. The van der Waals surface area contributed by atoms with Gasteiger partial charge in [-0.1, -0.05) is 0 Å². The summed E-state index contributed by atoms with van der Waals surface area (Å²) in [4.78, 5) is 39.1. The topological polar surface area (TPSA) is 123 Å². The van der Waals surface area contributed by atoms with E-state index in [-0.39, 0.29) is 30.0 Å². The van der Waals surface area contributed by atoms with Gasteiger partial charge in [-0.25, -0.2) is 0 Å². The molecule has 1 amide bonds. The second-order valence-corrected chi connectivity index (χ2v) is 9.08. The van der Waals surface area contributed by atoms with E-state index in [1.54, 1.807) is 11.8 Å². The summed E-state index contributed by atoms with van der Waals surface area (Å²) in [6, 6.07) is 0. The van der Waals surface area contributed by atoms with E-state index >= 15 is 0 Å². The second-order valence-electron chi connectivity index (χ2n) is 9.08. The van der Waals surface area contributed by atoms with Gasteiger partial charge in [-0.3, -0.25) is 9.59 Å². The number of nitrogens with one attached hydrogen (secondary N) is 1. The first-order valence-electron chi connectivity index (χ1n) is 9.82. The Labute approximate surface area is 164 Å². The summed E-state index contributed by atoms with van der Waals surface area (Å²) in [7, 11) is 3.61. The minimum atomic E-state index is -0.518. The predicted octanol–water partition coefficient (Wildman–Crippen LogP) is 1.04. The fourth-order valence-corrected chi connectivity index (χ4v) is 5.99. The number of nitrogens with two attached hydrogens (primary N) is 1. The summed E-state index contributed by atoms with van der Waals surface area (Å²) in [6.07, 6.45) is 5.42. The van der Waals surface area contributed by atoms with E-state index in [2.05, 4.69) is 20.3 Å². The lowest BCUT2D eigenvalue weighted by molar-refractivity contribution is -0.177. The number of nitrogens with zero attached hydrogens (tertiary/aromatic N) is 4. The zero-order chi connectivity index (χ0) is 20.1. The fourth-order valence-electron chi connectivity index (χ4n) is 5.99. The van der Waals surface area contributed by atoms with Gasteiger partial charge in [-0.15, -0.1) is 0 Å². The monoisotopic (exact) mass is 388 g/mol. The summed E-state index contributed by atoms with van der Waals surface area (Å²) in [5.74, 6) is 1.57. The van der Waals surface area contributed by atoms with E-state index in [0.717, 1.165) is 32.1 Å². The third kappa shape index (κ3) is 3.38. The van der Waals surface area contributed by atoms with Gasteiger partial charge in [-0.2, -0.15) is 15.0 Å². The van der Waals surface area contributed by atoms with E-state index in [1.165, 1.54) is 0 Å². The summed E-state index contributed by atoms with van der Waals surface area (Å²) >= 11 is 0. The largest absolute Gasteiger partial charge is 0.457 e. The van der Waals surface area contributed by atoms with Crippen molar-refractivity contribution in [2.45, 2.75) is 57.6 Å². The van der Waals surface area contributed by atoms with E-state index < -0.39 is 5.41 Å². The third-order valence-corrected chi connectivity index (χ3v) is 6.35. The van der Waals surface area contributed by atoms with Crippen LogP contribution in [0.5, 0.6) is 0 Å². The van der Waals surface area contributed by atoms with Crippen LogP contribution >= 0.6 is 0 Å². The number of hydrogen-bond acceptors (Lipinski definition) is 8. The molecule has 1 aromatic rings. The molecule has 9 nitrogen and oxygen atoms in total. The first-order chi connectivity index (χ1) is 13.2. The minimum absolute atomic E-state index is 0.0256. The lowest BCUT2D eigenvalue weighted by Crippen LogP contribution is -2.64. The molecule has 4 fully saturated rings. The number of amides is 1. The van der Waals surface area contributed by atoms with Crippen LogP contribution in [-0.2, 0) is 20.9 Å². The van der Waals surface area contributed by atoms with E-state index in [9.17, 15) is 9.59 Å². The molecule has 0 aromatic carbocycles. The average Bonchev–Trinajstić information content (AvgIpc) is 2.56. The Balaban J connectivity index is 1.50. The second kappa shape index (κ2) is 6.56. The number of nitrogen functional groups attached to an aromatic ring is 1. The van der Waals surface area contributed by atoms with Crippen molar-refractivity contribution in [3.63, 3.8) is 0 Å². The smallest absolute Gasteiger partial charge is 0.312 e. The van der Waals surface area contributed by atoms with E-state index in [1.807, 2.05) is 14.1 Å². The molecule has 3 N–H and O–H groups in total. The van der Waals surface area contributed by atoms with Crippen molar-refractivity contribution < 1.29 is 14.3 Å². The van der Waals surface area contributed by atoms with Gasteiger partial charge >= 0.3 is 5.97 Å². The molecule has 0 radical (unpaired) electrons. The standard InChI is InChI=1S/C19H28N6O3/c1-11(26)24-19-7-12-4-13(8-19)6-18(5-12,10-19)15(27)28-9-14-21-16(20)23-17(22-14)25(2)3/h12-13H,4-10H2,1-3H3,(H,24,26)(H2,20,21,22,23)/t12-,13+,18?,19?. The van der Waals surface area contributed by atoms with Crippen LogP contribution in [0, 0.1) is 17.3 Å². The molecule has 9 heteroatoms. The van der Waals surface area contributed by atoms with Crippen LogP contribution in [-0.4, -0.2) is 46.5 Å². The normalized spacial score (nSPS) is 32.8. The average molecular weight is 388 g/mol. The number of esters is 1. The van der Waals surface area contributed by atoms with Crippen LogP contribution in [0.25, 0.3) is 0 Å². The molecule has 0 aliphatic heterocycles. The van der Waals surface area contributed by atoms with E-state index in [0.29, 0.717) is 30.0 Å². The van der Waals surface area contributed by atoms with Crippen molar-refractivity contribution in [1.82, 2.24) is 20.3 Å². The number of hydrogen-bond donors (Lipinski definition) is 2. The molecular formula is C19H28N6O3. The van der Waals surface area contributed by atoms with Gasteiger partial charge in [0.2, 0.25) is 17.8 Å². The molecule has 0 saturated heterocycles. The summed E-state index contributed by atoms with van der Waals surface area (Å²) in [5, 5.41) is 3.17. The third-order valence-electron chi connectivity index (χ3n) is 6.35. The van der Waals surface area contributed by atoms with Gasteiger partial charge < -0.3 is 20.7 Å². The van der Waals surface area contributed by atoms with Crippen molar-refractivity contribution in [3.8, 4) is 0 Å². The summed E-state index contributed by atoms with van der Waals surface area (Å²) in [5.41, 5.74) is 4.97. The van der Waals surface area contributed by atoms with Gasteiger partial charge in [-0.05, 0) is 50.4 Å². The van der Waals surface area contributed by atoms with Gasteiger partial charge in [0.05, 0.1) is 5.41 Å². The Hall–Kier alpha value is -2.45. The maximum Gasteiger partial charge on any atom is 0.312 e. The first-order valence-corrected chi connectivity index (χ1v) is 9.82. The summed E-state index contributed by atoms with van der Waals surface area (Å²) < 4.78 is 5.67. The fraction of sp³-hybridized carbons (Fsp3) is 0.737. The number of aromatic nitrogens is 3. The molecule has 28 heavy (non-hydrogen) atoms. The van der Waals surface area contributed by atoms with Gasteiger partial charge in [0.1, 0.15) is 0 Å². The Bertz CT molecular complexity index is 797. The first kappa shape index (κ1) is 18.9. The molecule has 0 spiro atoms. The molecule has 1 heterocycles. The van der Waals surface area contributed by atoms with Crippen LogP contribution in [0.4, 0.5) is 11.9 Å². The van der Waals surface area contributed by atoms with Crippen molar-refractivity contribution >= 4 is 23.8 Å². The van der Waals surface area contributed by atoms with Crippen LogP contribution < -0.4 is 16.0 Å². The van der Waals surface area contributed by atoms with Crippen molar-refractivity contribution in [1.29, 1.82) is 0 Å². The number of carbonyl (C=O) groups excluding carboxylic acids is 2. The quantitative estimate of drug-likeness (QED) is 0.717. The molecule has 2 unspecified atom stereocenters. The highest BCUT2D eigenvalue weighted by atomic mass is 16.5. The van der Waals surface area contributed by atoms with Crippen LogP contribution in [0.3, 0.4) is 0 Å². The Morgan fingerprint density at radius 2 is 1.86 bits per heavy atom. The zero-order valence-electron chi connectivity index (χ0n) is 16.7. The lowest BCUT2D eigenvalue weighted by atomic mass is 9.47. The highest BCUT2D eigenvalue weighted by Gasteiger charge is 2.61.